The van der Waals surface area contributed by atoms with Crippen molar-refractivity contribution in [1.29, 1.82) is 0 Å². The maximum atomic E-state index is 13.0. The largest absolute Gasteiger partial charge is 0.294 e. The summed E-state index contributed by atoms with van der Waals surface area (Å²) in [5.41, 5.74) is 1.76. The maximum Gasteiger partial charge on any atom is 0.141 e. The maximum absolute atomic E-state index is 13.0. The fourth-order valence-electron chi connectivity index (χ4n) is 3.32. The van der Waals surface area contributed by atoms with Crippen molar-refractivity contribution in [3.63, 3.8) is 0 Å². The highest BCUT2D eigenvalue weighted by Crippen LogP contribution is 2.19. The standard InChI is InChI=1S/C18H22F2N4/c1-13-9-23(11-17-5-3-15(19)7-21-17)10-14(2)24(13)12-18-6-4-16(20)8-22-18/h3-8,13-14H,9-12H2,1-2H3/t13-,14+. The first-order valence-corrected chi connectivity index (χ1v) is 8.20. The van der Waals surface area contributed by atoms with Crippen LogP contribution in [0.1, 0.15) is 25.2 Å². The van der Waals surface area contributed by atoms with Crippen LogP contribution in [-0.2, 0) is 13.1 Å². The second-order valence-corrected chi connectivity index (χ2v) is 6.50. The van der Waals surface area contributed by atoms with Gasteiger partial charge in [0.05, 0.1) is 23.8 Å². The van der Waals surface area contributed by atoms with E-state index in [1.54, 1.807) is 12.1 Å². The zero-order valence-electron chi connectivity index (χ0n) is 14.0. The van der Waals surface area contributed by atoms with Gasteiger partial charge in [0.1, 0.15) is 11.6 Å². The first-order chi connectivity index (χ1) is 11.5. The van der Waals surface area contributed by atoms with Gasteiger partial charge >= 0.3 is 0 Å². The van der Waals surface area contributed by atoms with Crippen molar-refractivity contribution in [2.24, 2.45) is 0 Å². The molecular weight excluding hydrogens is 310 g/mol. The first-order valence-electron chi connectivity index (χ1n) is 8.20. The van der Waals surface area contributed by atoms with Gasteiger partial charge in [0.15, 0.2) is 0 Å². The molecule has 1 aliphatic heterocycles. The molecule has 0 N–H and O–H groups in total. The van der Waals surface area contributed by atoms with E-state index < -0.39 is 0 Å². The summed E-state index contributed by atoms with van der Waals surface area (Å²) in [4.78, 5) is 13.0. The predicted octanol–water partition coefficient (Wildman–Crippen LogP) is 2.85. The van der Waals surface area contributed by atoms with Crippen molar-refractivity contribution >= 4 is 0 Å². The molecular formula is C18H22F2N4. The molecule has 128 valence electrons. The lowest BCUT2D eigenvalue weighted by Crippen LogP contribution is -2.55. The number of piperazine rings is 1. The average Bonchev–Trinajstić information content (AvgIpc) is 2.55. The van der Waals surface area contributed by atoms with Crippen LogP contribution in [0.4, 0.5) is 8.78 Å². The van der Waals surface area contributed by atoms with E-state index in [2.05, 4.69) is 33.6 Å². The number of hydrogen-bond donors (Lipinski definition) is 0. The molecule has 0 bridgehead atoms. The fraction of sp³-hybridized carbons (Fsp3) is 0.444. The molecule has 2 aromatic heterocycles. The second-order valence-electron chi connectivity index (χ2n) is 6.50. The summed E-state index contributed by atoms with van der Waals surface area (Å²) < 4.78 is 26.0. The van der Waals surface area contributed by atoms with E-state index in [0.717, 1.165) is 31.0 Å². The van der Waals surface area contributed by atoms with Gasteiger partial charge in [0.25, 0.3) is 0 Å². The number of hydrogen-bond acceptors (Lipinski definition) is 4. The summed E-state index contributed by atoms with van der Waals surface area (Å²) in [5, 5.41) is 0. The van der Waals surface area contributed by atoms with Gasteiger partial charge in [-0.25, -0.2) is 8.78 Å². The van der Waals surface area contributed by atoms with Gasteiger partial charge in [-0.05, 0) is 38.1 Å². The third kappa shape index (κ3) is 4.13. The molecule has 24 heavy (non-hydrogen) atoms. The topological polar surface area (TPSA) is 32.3 Å². The van der Waals surface area contributed by atoms with Crippen LogP contribution >= 0.6 is 0 Å². The minimum Gasteiger partial charge on any atom is -0.294 e. The van der Waals surface area contributed by atoms with Crippen molar-refractivity contribution in [1.82, 2.24) is 19.8 Å². The lowest BCUT2D eigenvalue weighted by molar-refractivity contribution is 0.0276. The first kappa shape index (κ1) is 16.9. The van der Waals surface area contributed by atoms with E-state index in [4.69, 9.17) is 0 Å². The van der Waals surface area contributed by atoms with Gasteiger partial charge < -0.3 is 0 Å². The van der Waals surface area contributed by atoms with Crippen LogP contribution in [-0.4, -0.2) is 44.9 Å². The van der Waals surface area contributed by atoms with Crippen molar-refractivity contribution < 1.29 is 8.78 Å². The van der Waals surface area contributed by atoms with Gasteiger partial charge in [-0.2, -0.15) is 0 Å². The van der Waals surface area contributed by atoms with Crippen molar-refractivity contribution in [3.05, 3.63) is 59.7 Å². The van der Waals surface area contributed by atoms with E-state index in [-0.39, 0.29) is 11.6 Å². The molecule has 0 unspecified atom stereocenters. The normalized spacial score (nSPS) is 22.7. The lowest BCUT2D eigenvalue weighted by Gasteiger charge is -2.44. The highest BCUT2D eigenvalue weighted by molar-refractivity contribution is 5.07. The fourth-order valence-corrected chi connectivity index (χ4v) is 3.32. The molecule has 0 aromatic carbocycles. The lowest BCUT2D eigenvalue weighted by atomic mass is 10.1. The highest BCUT2D eigenvalue weighted by atomic mass is 19.1. The van der Waals surface area contributed by atoms with Crippen molar-refractivity contribution in [2.45, 2.75) is 39.0 Å². The molecule has 2 aromatic rings. The number of nitrogens with zero attached hydrogens (tertiary/aromatic N) is 4. The van der Waals surface area contributed by atoms with Crippen molar-refractivity contribution in [2.75, 3.05) is 13.1 Å². The molecule has 3 rings (SSSR count). The average molecular weight is 332 g/mol. The van der Waals surface area contributed by atoms with Gasteiger partial charge in [-0.15, -0.1) is 0 Å². The van der Waals surface area contributed by atoms with E-state index in [1.807, 2.05) is 0 Å². The van der Waals surface area contributed by atoms with Crippen LogP contribution in [0.3, 0.4) is 0 Å². The van der Waals surface area contributed by atoms with E-state index in [1.165, 1.54) is 24.5 Å². The van der Waals surface area contributed by atoms with E-state index >= 15 is 0 Å². The summed E-state index contributed by atoms with van der Waals surface area (Å²) in [6.07, 6.45) is 2.53. The molecule has 3 heterocycles. The molecule has 0 saturated carbocycles. The van der Waals surface area contributed by atoms with Crippen LogP contribution in [0.15, 0.2) is 36.7 Å². The van der Waals surface area contributed by atoms with E-state index in [9.17, 15) is 8.78 Å². The summed E-state index contributed by atoms with van der Waals surface area (Å²) in [6, 6.07) is 7.07. The zero-order chi connectivity index (χ0) is 17.1. The Morgan fingerprint density at radius 1 is 0.875 bits per heavy atom. The molecule has 2 atom stereocenters. The van der Waals surface area contributed by atoms with Gasteiger partial charge in [-0.1, -0.05) is 0 Å². The Morgan fingerprint density at radius 3 is 1.83 bits per heavy atom. The quantitative estimate of drug-likeness (QED) is 0.862. The molecule has 1 saturated heterocycles. The molecule has 6 heteroatoms. The Hall–Kier alpha value is -1.92. The Morgan fingerprint density at radius 2 is 1.38 bits per heavy atom. The molecule has 0 amide bonds. The van der Waals surface area contributed by atoms with Crippen LogP contribution in [0.2, 0.25) is 0 Å². The molecule has 0 radical (unpaired) electrons. The van der Waals surface area contributed by atoms with Crippen molar-refractivity contribution in [3.8, 4) is 0 Å². The zero-order valence-corrected chi connectivity index (χ0v) is 14.0. The summed E-state index contributed by atoms with van der Waals surface area (Å²) in [6.45, 7) is 7.62. The number of halogens is 2. The smallest absolute Gasteiger partial charge is 0.141 e. The number of pyridine rings is 2. The minimum atomic E-state index is -0.309. The molecule has 0 spiro atoms. The molecule has 0 aliphatic carbocycles. The Bertz CT molecular complexity index is 648. The third-order valence-electron chi connectivity index (χ3n) is 4.48. The Kier molecular flexibility index (Phi) is 5.16. The predicted molar refractivity (Wildman–Crippen MR) is 88.1 cm³/mol. The molecule has 1 fully saturated rings. The summed E-state index contributed by atoms with van der Waals surface area (Å²) >= 11 is 0. The molecule has 4 nitrogen and oxygen atoms in total. The number of aromatic nitrogens is 2. The van der Waals surface area contributed by atoms with Crippen LogP contribution in [0.25, 0.3) is 0 Å². The number of rotatable bonds is 4. The van der Waals surface area contributed by atoms with Gasteiger partial charge in [0.2, 0.25) is 0 Å². The van der Waals surface area contributed by atoms with Gasteiger partial charge in [-0.3, -0.25) is 19.8 Å². The Balaban J connectivity index is 1.61. The van der Waals surface area contributed by atoms with Crippen LogP contribution in [0, 0.1) is 11.6 Å². The monoisotopic (exact) mass is 332 g/mol. The Labute approximate surface area is 141 Å². The highest BCUT2D eigenvalue weighted by Gasteiger charge is 2.29. The van der Waals surface area contributed by atoms with Gasteiger partial charge in [0, 0.05) is 38.3 Å². The molecule has 1 aliphatic rings. The van der Waals surface area contributed by atoms with Crippen LogP contribution < -0.4 is 0 Å². The van der Waals surface area contributed by atoms with Crippen LogP contribution in [0.5, 0.6) is 0 Å². The summed E-state index contributed by atoms with van der Waals surface area (Å²) in [7, 11) is 0. The minimum absolute atomic E-state index is 0.308. The van der Waals surface area contributed by atoms with E-state index in [0.29, 0.717) is 18.6 Å². The third-order valence-corrected chi connectivity index (χ3v) is 4.48. The SMILES string of the molecule is C[C@@H]1CN(Cc2ccc(F)cn2)C[C@H](C)N1Cc1ccc(F)cn1. The second kappa shape index (κ2) is 7.32. The summed E-state index contributed by atoms with van der Waals surface area (Å²) in [5.74, 6) is -0.617.